The van der Waals surface area contributed by atoms with E-state index in [0.717, 1.165) is 0 Å². The summed E-state index contributed by atoms with van der Waals surface area (Å²) < 4.78 is 34.3. The van der Waals surface area contributed by atoms with Gasteiger partial charge in [-0.25, -0.2) is 8.78 Å². The molecule has 1 aliphatic rings. The molecule has 1 atom stereocenters. The van der Waals surface area contributed by atoms with Crippen molar-refractivity contribution in [1.29, 1.82) is 0 Å². The Morgan fingerprint density at radius 3 is 2.52 bits per heavy atom. The Kier molecular flexibility index (Phi) is 5.06. The second-order valence-electron chi connectivity index (χ2n) is 7.56. The summed E-state index contributed by atoms with van der Waals surface area (Å²) in [5.41, 5.74) is 0.430. The van der Waals surface area contributed by atoms with Gasteiger partial charge in [0.05, 0.1) is 18.3 Å². The minimum Gasteiger partial charge on any atom is -0.489 e. The molecule has 1 aliphatic heterocycles. The van der Waals surface area contributed by atoms with Crippen LogP contribution in [-0.4, -0.2) is 30.3 Å². The lowest BCUT2D eigenvalue weighted by atomic mass is 9.86. The lowest BCUT2D eigenvalue weighted by Crippen LogP contribution is -2.34. The molecular weight excluding hydrogens is 354 g/mol. The molecule has 0 fully saturated rings. The molecule has 7 heteroatoms. The molecule has 0 saturated heterocycles. The molecule has 0 spiro atoms. The van der Waals surface area contributed by atoms with Crippen molar-refractivity contribution in [2.45, 2.75) is 32.2 Å². The third-order valence-electron chi connectivity index (χ3n) is 4.39. The first-order valence-electron chi connectivity index (χ1n) is 8.64. The largest absolute Gasteiger partial charge is 0.489 e. The summed E-state index contributed by atoms with van der Waals surface area (Å²) in [5.74, 6) is -2.19. The number of anilines is 2. The first kappa shape index (κ1) is 19.1. The number of ether oxygens (including phenoxy) is 1. The number of rotatable bonds is 3. The summed E-state index contributed by atoms with van der Waals surface area (Å²) in [6.45, 7) is 5.72. The maximum Gasteiger partial charge on any atom is 0.261 e. The number of amides is 1. The van der Waals surface area contributed by atoms with Gasteiger partial charge in [-0.3, -0.25) is 4.79 Å². The van der Waals surface area contributed by atoms with Crippen molar-refractivity contribution in [1.82, 2.24) is 0 Å². The van der Waals surface area contributed by atoms with Crippen LogP contribution in [0.15, 0.2) is 30.3 Å². The number of halogens is 2. The fraction of sp³-hybridized carbons (Fsp3) is 0.350. The third kappa shape index (κ3) is 4.03. The van der Waals surface area contributed by atoms with Crippen LogP contribution in [0.25, 0.3) is 0 Å². The fourth-order valence-corrected chi connectivity index (χ4v) is 2.81. The van der Waals surface area contributed by atoms with Crippen LogP contribution in [0.5, 0.6) is 5.75 Å². The molecule has 0 aromatic heterocycles. The van der Waals surface area contributed by atoms with E-state index in [4.69, 9.17) is 9.84 Å². The number of benzene rings is 2. The van der Waals surface area contributed by atoms with Gasteiger partial charge in [0.1, 0.15) is 29.6 Å². The predicted octanol–water partition coefficient (Wildman–Crippen LogP) is 3.68. The number of hydrogen-bond donors (Lipinski definition) is 3. The molecule has 3 rings (SSSR count). The molecule has 144 valence electrons. The molecule has 1 amide bonds. The van der Waals surface area contributed by atoms with E-state index in [2.05, 4.69) is 10.6 Å². The zero-order valence-corrected chi connectivity index (χ0v) is 15.4. The van der Waals surface area contributed by atoms with E-state index in [1.165, 1.54) is 12.1 Å². The molecule has 2 aromatic carbocycles. The van der Waals surface area contributed by atoms with Crippen LogP contribution in [0.3, 0.4) is 0 Å². The fourth-order valence-electron chi connectivity index (χ4n) is 2.81. The number of hydrogen-bond acceptors (Lipinski definition) is 4. The Morgan fingerprint density at radius 1 is 1.26 bits per heavy atom. The number of carbonyl (C=O) groups is 1. The summed E-state index contributed by atoms with van der Waals surface area (Å²) in [7, 11) is 0. The van der Waals surface area contributed by atoms with Gasteiger partial charge in [-0.2, -0.15) is 0 Å². The van der Waals surface area contributed by atoms with Crippen molar-refractivity contribution in [2.24, 2.45) is 0 Å². The van der Waals surface area contributed by atoms with Gasteiger partial charge in [0.25, 0.3) is 5.91 Å². The first-order chi connectivity index (χ1) is 12.7. The molecule has 1 heterocycles. The van der Waals surface area contributed by atoms with Crippen LogP contribution >= 0.6 is 0 Å². The van der Waals surface area contributed by atoms with Crippen LogP contribution in [0.1, 0.15) is 36.7 Å². The van der Waals surface area contributed by atoms with Gasteiger partial charge in [-0.05, 0) is 35.2 Å². The standard InChI is InChI=1S/C20H22F2N2O3/c1-20(2,3)11-6-14(21)18(15(22)7-11)19(26)24-12-4-5-16-17(8-12)27-10-13(9-25)23-16/h4-8,13,23,25H,9-10H2,1-3H3,(H,24,26). The molecule has 1 unspecified atom stereocenters. The lowest BCUT2D eigenvalue weighted by Gasteiger charge is -2.26. The normalized spacial score (nSPS) is 16.1. The van der Waals surface area contributed by atoms with E-state index >= 15 is 0 Å². The van der Waals surface area contributed by atoms with Crippen molar-refractivity contribution >= 4 is 17.3 Å². The Balaban J connectivity index is 1.82. The molecule has 2 aromatic rings. The number of aliphatic hydroxyl groups excluding tert-OH is 1. The van der Waals surface area contributed by atoms with Gasteiger partial charge in [0.15, 0.2) is 0 Å². The van der Waals surface area contributed by atoms with E-state index in [-0.39, 0.29) is 19.3 Å². The van der Waals surface area contributed by atoms with E-state index in [1.807, 2.05) is 20.8 Å². The summed E-state index contributed by atoms with van der Waals surface area (Å²) >= 11 is 0. The highest BCUT2D eigenvalue weighted by atomic mass is 19.1. The van der Waals surface area contributed by atoms with Crippen LogP contribution in [0, 0.1) is 11.6 Å². The van der Waals surface area contributed by atoms with E-state index < -0.39 is 28.5 Å². The first-order valence-corrected chi connectivity index (χ1v) is 8.64. The van der Waals surface area contributed by atoms with Crippen molar-refractivity contribution < 1.29 is 23.4 Å². The van der Waals surface area contributed by atoms with E-state index in [0.29, 0.717) is 22.7 Å². The number of fused-ring (bicyclic) bond motifs is 1. The number of carbonyl (C=O) groups excluding carboxylic acids is 1. The maximum absolute atomic E-state index is 14.4. The van der Waals surface area contributed by atoms with Gasteiger partial charge in [-0.15, -0.1) is 0 Å². The summed E-state index contributed by atoms with van der Waals surface area (Å²) in [5, 5.41) is 14.8. The molecule has 3 N–H and O–H groups in total. The third-order valence-corrected chi connectivity index (χ3v) is 4.39. The Labute approximate surface area is 156 Å². The Hall–Kier alpha value is -2.67. The molecule has 0 saturated carbocycles. The quantitative estimate of drug-likeness (QED) is 0.764. The summed E-state index contributed by atoms with van der Waals surface area (Å²) in [4.78, 5) is 12.4. The minimum atomic E-state index is -0.904. The topological polar surface area (TPSA) is 70.6 Å². The van der Waals surface area contributed by atoms with Crippen molar-refractivity contribution in [3.63, 3.8) is 0 Å². The zero-order valence-electron chi connectivity index (χ0n) is 15.4. The molecular formula is C20H22F2N2O3. The second kappa shape index (κ2) is 7.15. The Morgan fingerprint density at radius 2 is 1.93 bits per heavy atom. The van der Waals surface area contributed by atoms with Crippen LogP contribution in [0.4, 0.5) is 20.2 Å². The minimum absolute atomic E-state index is 0.0684. The number of aliphatic hydroxyl groups is 1. The highest BCUT2D eigenvalue weighted by Crippen LogP contribution is 2.32. The van der Waals surface area contributed by atoms with Crippen LogP contribution in [-0.2, 0) is 5.41 Å². The molecule has 0 radical (unpaired) electrons. The van der Waals surface area contributed by atoms with Gasteiger partial charge in [-0.1, -0.05) is 20.8 Å². The lowest BCUT2D eigenvalue weighted by molar-refractivity contribution is 0.101. The molecule has 0 aliphatic carbocycles. The second-order valence-corrected chi connectivity index (χ2v) is 7.56. The van der Waals surface area contributed by atoms with Gasteiger partial charge in [0.2, 0.25) is 0 Å². The van der Waals surface area contributed by atoms with Crippen LogP contribution in [0.2, 0.25) is 0 Å². The number of nitrogens with one attached hydrogen (secondary N) is 2. The van der Waals surface area contributed by atoms with E-state index in [9.17, 15) is 13.6 Å². The maximum atomic E-state index is 14.4. The Bertz CT molecular complexity index is 855. The van der Waals surface area contributed by atoms with Gasteiger partial charge in [0, 0.05) is 11.8 Å². The van der Waals surface area contributed by atoms with Gasteiger partial charge >= 0.3 is 0 Å². The average molecular weight is 376 g/mol. The van der Waals surface area contributed by atoms with Gasteiger partial charge < -0.3 is 20.5 Å². The van der Waals surface area contributed by atoms with Crippen LogP contribution < -0.4 is 15.4 Å². The zero-order chi connectivity index (χ0) is 19.8. The monoisotopic (exact) mass is 376 g/mol. The van der Waals surface area contributed by atoms with Crippen molar-refractivity contribution in [2.75, 3.05) is 23.8 Å². The molecule has 0 bridgehead atoms. The highest BCUT2D eigenvalue weighted by molar-refractivity contribution is 6.05. The summed E-state index contributed by atoms with van der Waals surface area (Å²) in [6.07, 6.45) is 0. The highest BCUT2D eigenvalue weighted by Gasteiger charge is 2.24. The van der Waals surface area contributed by atoms with E-state index in [1.54, 1.807) is 18.2 Å². The molecule has 5 nitrogen and oxygen atoms in total. The predicted molar refractivity (Wildman–Crippen MR) is 99.4 cm³/mol. The average Bonchev–Trinajstić information content (AvgIpc) is 2.59. The van der Waals surface area contributed by atoms with Crippen molar-refractivity contribution in [3.8, 4) is 5.75 Å². The SMILES string of the molecule is CC(C)(C)c1cc(F)c(C(=O)Nc2ccc3c(c2)OCC(CO)N3)c(F)c1. The summed E-state index contributed by atoms with van der Waals surface area (Å²) in [6, 6.07) is 6.99. The smallest absolute Gasteiger partial charge is 0.261 e. The van der Waals surface area contributed by atoms with Crippen molar-refractivity contribution in [3.05, 3.63) is 53.1 Å². The molecule has 27 heavy (non-hydrogen) atoms.